The van der Waals surface area contributed by atoms with E-state index in [4.69, 9.17) is 4.74 Å². The Morgan fingerprint density at radius 3 is 2.70 bits per heavy atom. The number of nitrogens with one attached hydrogen (secondary N) is 1. The average molecular weight is 275 g/mol. The van der Waals surface area contributed by atoms with Crippen LogP contribution in [0.25, 0.3) is 0 Å². The van der Waals surface area contributed by atoms with Crippen molar-refractivity contribution in [3.63, 3.8) is 0 Å². The summed E-state index contributed by atoms with van der Waals surface area (Å²) in [6, 6.07) is 8.03. The molecular weight excluding hydrogens is 254 g/mol. The van der Waals surface area contributed by atoms with Gasteiger partial charge >= 0.3 is 0 Å². The molecule has 1 N–H and O–H groups in total. The van der Waals surface area contributed by atoms with Crippen LogP contribution in [0.4, 0.5) is 5.69 Å². The average Bonchev–Trinajstić information content (AvgIpc) is 2.93. The number of rotatable bonds is 7. The quantitative estimate of drug-likeness (QED) is 0.821. The highest BCUT2D eigenvalue weighted by atomic mass is 16.5. The van der Waals surface area contributed by atoms with Crippen molar-refractivity contribution in [1.82, 2.24) is 20.3 Å². The first-order valence-electron chi connectivity index (χ1n) is 6.61. The van der Waals surface area contributed by atoms with E-state index in [0.717, 1.165) is 36.8 Å². The summed E-state index contributed by atoms with van der Waals surface area (Å²) in [7, 11) is 5.63. The number of likely N-dealkylation sites (N-methyl/N-ethyl adjacent to an activating group) is 1. The first-order chi connectivity index (χ1) is 9.72. The lowest BCUT2D eigenvalue weighted by Crippen LogP contribution is -2.22. The lowest BCUT2D eigenvalue weighted by atomic mass is 10.3. The monoisotopic (exact) mass is 275 g/mol. The molecule has 6 nitrogen and oxygen atoms in total. The summed E-state index contributed by atoms with van der Waals surface area (Å²) in [6.45, 7) is 2.42. The van der Waals surface area contributed by atoms with Crippen molar-refractivity contribution in [3.05, 3.63) is 36.2 Å². The molecule has 20 heavy (non-hydrogen) atoms. The summed E-state index contributed by atoms with van der Waals surface area (Å²) in [6.07, 6.45) is 1.97. The SMILES string of the molecule is CNCc1cn(CCN(C)c2ccc(OC)cc2)nn1. The third-order valence-corrected chi connectivity index (χ3v) is 3.12. The van der Waals surface area contributed by atoms with Gasteiger partial charge < -0.3 is 15.0 Å². The number of methoxy groups -OCH3 is 1. The molecule has 0 amide bonds. The highest BCUT2D eigenvalue weighted by molar-refractivity contribution is 5.48. The minimum Gasteiger partial charge on any atom is -0.497 e. The summed E-state index contributed by atoms with van der Waals surface area (Å²) in [5.41, 5.74) is 2.11. The normalized spacial score (nSPS) is 10.6. The van der Waals surface area contributed by atoms with E-state index in [-0.39, 0.29) is 0 Å². The Balaban J connectivity index is 1.88. The molecule has 0 saturated carbocycles. The first-order valence-corrected chi connectivity index (χ1v) is 6.61. The van der Waals surface area contributed by atoms with Gasteiger partial charge in [0.15, 0.2) is 0 Å². The lowest BCUT2D eigenvalue weighted by Gasteiger charge is -2.19. The second-order valence-electron chi connectivity index (χ2n) is 4.62. The van der Waals surface area contributed by atoms with Crippen molar-refractivity contribution in [1.29, 1.82) is 0 Å². The number of ether oxygens (including phenoxy) is 1. The summed E-state index contributed by atoms with van der Waals surface area (Å²) >= 11 is 0. The zero-order chi connectivity index (χ0) is 14.4. The van der Waals surface area contributed by atoms with Crippen molar-refractivity contribution < 1.29 is 4.74 Å². The molecule has 6 heteroatoms. The van der Waals surface area contributed by atoms with Crippen LogP contribution in [-0.2, 0) is 13.1 Å². The van der Waals surface area contributed by atoms with E-state index in [1.807, 2.05) is 42.2 Å². The molecule has 0 unspecified atom stereocenters. The second-order valence-corrected chi connectivity index (χ2v) is 4.62. The van der Waals surface area contributed by atoms with Gasteiger partial charge in [-0.25, -0.2) is 0 Å². The molecule has 108 valence electrons. The molecule has 1 heterocycles. The van der Waals surface area contributed by atoms with Gasteiger partial charge in [0.1, 0.15) is 5.75 Å². The molecule has 0 bridgehead atoms. The van der Waals surface area contributed by atoms with Crippen molar-refractivity contribution in [3.8, 4) is 5.75 Å². The molecule has 0 aliphatic heterocycles. The van der Waals surface area contributed by atoms with Crippen LogP contribution in [0.15, 0.2) is 30.5 Å². The van der Waals surface area contributed by atoms with Gasteiger partial charge in [-0.2, -0.15) is 0 Å². The van der Waals surface area contributed by atoms with Gasteiger partial charge in [0, 0.05) is 32.0 Å². The van der Waals surface area contributed by atoms with Crippen molar-refractivity contribution in [2.75, 3.05) is 32.6 Å². The minimum atomic E-state index is 0.744. The Kier molecular flexibility index (Phi) is 4.95. The molecule has 0 radical (unpaired) electrons. The molecule has 0 aliphatic carbocycles. The van der Waals surface area contributed by atoms with Gasteiger partial charge in [0.25, 0.3) is 0 Å². The van der Waals surface area contributed by atoms with Crippen LogP contribution in [0.2, 0.25) is 0 Å². The number of nitrogens with zero attached hydrogens (tertiary/aromatic N) is 4. The topological polar surface area (TPSA) is 55.2 Å². The Morgan fingerprint density at radius 1 is 1.30 bits per heavy atom. The highest BCUT2D eigenvalue weighted by Gasteiger charge is 2.03. The zero-order valence-electron chi connectivity index (χ0n) is 12.2. The van der Waals surface area contributed by atoms with Crippen LogP contribution in [0.1, 0.15) is 5.69 Å². The summed E-state index contributed by atoms with van der Waals surface area (Å²) < 4.78 is 7.02. The lowest BCUT2D eigenvalue weighted by molar-refractivity contribution is 0.415. The Hall–Kier alpha value is -2.08. The summed E-state index contributed by atoms with van der Waals surface area (Å²) in [5, 5.41) is 11.3. The van der Waals surface area contributed by atoms with Crippen molar-refractivity contribution >= 4 is 5.69 Å². The smallest absolute Gasteiger partial charge is 0.119 e. The fourth-order valence-corrected chi connectivity index (χ4v) is 1.93. The van der Waals surface area contributed by atoms with Crippen LogP contribution < -0.4 is 15.0 Å². The number of anilines is 1. The third-order valence-electron chi connectivity index (χ3n) is 3.12. The van der Waals surface area contributed by atoms with Crippen LogP contribution in [0, 0.1) is 0 Å². The molecule has 2 rings (SSSR count). The van der Waals surface area contributed by atoms with Crippen LogP contribution >= 0.6 is 0 Å². The fourth-order valence-electron chi connectivity index (χ4n) is 1.93. The van der Waals surface area contributed by atoms with E-state index in [2.05, 4.69) is 27.6 Å². The zero-order valence-corrected chi connectivity index (χ0v) is 12.2. The Labute approximate surface area is 119 Å². The van der Waals surface area contributed by atoms with Gasteiger partial charge in [0.2, 0.25) is 0 Å². The predicted octanol–water partition coefficient (Wildman–Crippen LogP) is 1.14. The Morgan fingerprint density at radius 2 is 2.05 bits per heavy atom. The van der Waals surface area contributed by atoms with Gasteiger partial charge in [-0.05, 0) is 31.3 Å². The standard InChI is InChI=1S/C14H21N5O/c1-15-10-12-11-19(17-16-12)9-8-18(2)13-4-6-14(20-3)7-5-13/h4-7,11,15H,8-10H2,1-3H3. The van der Waals surface area contributed by atoms with Gasteiger partial charge in [-0.1, -0.05) is 5.21 Å². The second kappa shape index (κ2) is 6.91. The number of hydrogen-bond donors (Lipinski definition) is 1. The number of benzene rings is 1. The predicted molar refractivity (Wildman–Crippen MR) is 79.0 cm³/mol. The fraction of sp³-hybridized carbons (Fsp3) is 0.429. The largest absolute Gasteiger partial charge is 0.497 e. The maximum absolute atomic E-state index is 5.16. The van der Waals surface area contributed by atoms with Gasteiger partial charge in [-0.15, -0.1) is 5.10 Å². The maximum Gasteiger partial charge on any atom is 0.119 e. The molecule has 2 aromatic rings. The molecule has 1 aromatic heterocycles. The number of aromatic nitrogens is 3. The molecule has 1 aromatic carbocycles. The molecule has 0 saturated heterocycles. The molecule has 0 aliphatic rings. The van der Waals surface area contributed by atoms with E-state index in [9.17, 15) is 0 Å². The van der Waals surface area contributed by atoms with Crippen LogP contribution in [-0.4, -0.2) is 42.7 Å². The minimum absolute atomic E-state index is 0.744. The van der Waals surface area contributed by atoms with Gasteiger partial charge in [0.05, 0.1) is 19.3 Å². The first kappa shape index (κ1) is 14.3. The molecule has 0 atom stereocenters. The van der Waals surface area contributed by atoms with Crippen LogP contribution in [0.3, 0.4) is 0 Å². The van der Waals surface area contributed by atoms with Crippen LogP contribution in [0.5, 0.6) is 5.75 Å². The molecule has 0 fully saturated rings. The van der Waals surface area contributed by atoms with Crippen molar-refractivity contribution in [2.24, 2.45) is 0 Å². The van der Waals surface area contributed by atoms with Crippen molar-refractivity contribution in [2.45, 2.75) is 13.1 Å². The molecular formula is C14H21N5O. The molecule has 0 spiro atoms. The van der Waals surface area contributed by atoms with E-state index >= 15 is 0 Å². The van der Waals surface area contributed by atoms with Gasteiger partial charge in [-0.3, -0.25) is 4.68 Å². The summed E-state index contributed by atoms with van der Waals surface area (Å²) in [4.78, 5) is 2.18. The Bertz CT molecular complexity index is 523. The van der Waals surface area contributed by atoms with E-state index in [1.54, 1.807) is 7.11 Å². The number of hydrogen-bond acceptors (Lipinski definition) is 5. The maximum atomic E-state index is 5.16. The summed E-state index contributed by atoms with van der Waals surface area (Å²) in [5.74, 6) is 0.870. The third kappa shape index (κ3) is 3.71. The highest BCUT2D eigenvalue weighted by Crippen LogP contribution is 2.17. The van der Waals surface area contributed by atoms with E-state index in [1.165, 1.54) is 0 Å². The van der Waals surface area contributed by atoms with E-state index < -0.39 is 0 Å². The van der Waals surface area contributed by atoms with E-state index in [0.29, 0.717) is 0 Å².